The van der Waals surface area contributed by atoms with Crippen LogP contribution in [0, 0.1) is 11.8 Å². The Morgan fingerprint density at radius 3 is 2.25 bits per heavy atom. The number of carboxylic acids is 1. The fraction of sp³-hybridized carbons (Fsp3) is 0.500. The summed E-state index contributed by atoms with van der Waals surface area (Å²) in [5.74, 6) is -0.715. The van der Waals surface area contributed by atoms with Crippen LogP contribution >= 0.6 is 0 Å². The minimum atomic E-state index is -0.850. The average molecular weight is 277 g/mol. The Morgan fingerprint density at radius 2 is 1.75 bits per heavy atom. The second-order valence-electron chi connectivity index (χ2n) is 5.44. The number of hydrogen-bond donors (Lipinski definition) is 2. The standard InChI is InChI=1S/C16H23NO3/c1-11(2)12(3)16(20)17-14(9-10-15(18)19)13-7-5-4-6-8-13/h4-8,11-12,14H,9-10H2,1-3H3,(H,17,20)(H,18,19). The zero-order valence-electron chi connectivity index (χ0n) is 12.3. The lowest BCUT2D eigenvalue weighted by molar-refractivity contribution is -0.137. The van der Waals surface area contributed by atoms with Gasteiger partial charge >= 0.3 is 5.97 Å². The highest BCUT2D eigenvalue weighted by molar-refractivity contribution is 5.79. The molecule has 20 heavy (non-hydrogen) atoms. The van der Waals surface area contributed by atoms with Gasteiger partial charge in [-0.15, -0.1) is 0 Å². The zero-order valence-corrected chi connectivity index (χ0v) is 12.3. The summed E-state index contributed by atoms with van der Waals surface area (Å²) in [4.78, 5) is 22.9. The summed E-state index contributed by atoms with van der Waals surface area (Å²) in [5, 5.41) is 11.8. The van der Waals surface area contributed by atoms with Gasteiger partial charge in [0, 0.05) is 12.3 Å². The molecule has 0 saturated carbocycles. The molecule has 1 rings (SSSR count). The number of aliphatic carboxylic acids is 1. The summed E-state index contributed by atoms with van der Waals surface area (Å²) < 4.78 is 0. The fourth-order valence-corrected chi connectivity index (χ4v) is 1.88. The lowest BCUT2D eigenvalue weighted by Crippen LogP contribution is -2.35. The lowest BCUT2D eigenvalue weighted by Gasteiger charge is -2.22. The van der Waals surface area contributed by atoms with Crippen LogP contribution in [-0.2, 0) is 9.59 Å². The highest BCUT2D eigenvalue weighted by Crippen LogP contribution is 2.20. The van der Waals surface area contributed by atoms with E-state index in [1.807, 2.05) is 51.1 Å². The van der Waals surface area contributed by atoms with Gasteiger partial charge in [0.1, 0.15) is 0 Å². The molecule has 0 aliphatic carbocycles. The minimum Gasteiger partial charge on any atom is -0.481 e. The summed E-state index contributed by atoms with van der Waals surface area (Å²) in [6.07, 6.45) is 0.436. The number of rotatable bonds is 7. The van der Waals surface area contributed by atoms with Crippen LogP contribution in [0.1, 0.15) is 45.2 Å². The number of hydrogen-bond acceptors (Lipinski definition) is 2. The molecular weight excluding hydrogens is 254 g/mol. The number of nitrogens with one attached hydrogen (secondary N) is 1. The molecule has 0 saturated heterocycles. The van der Waals surface area contributed by atoms with E-state index in [-0.39, 0.29) is 30.2 Å². The van der Waals surface area contributed by atoms with Crippen LogP contribution in [0.25, 0.3) is 0 Å². The molecule has 2 N–H and O–H groups in total. The van der Waals surface area contributed by atoms with Gasteiger partial charge in [-0.1, -0.05) is 51.1 Å². The van der Waals surface area contributed by atoms with E-state index in [1.165, 1.54) is 0 Å². The van der Waals surface area contributed by atoms with Crippen molar-refractivity contribution >= 4 is 11.9 Å². The molecule has 0 bridgehead atoms. The molecule has 2 atom stereocenters. The highest BCUT2D eigenvalue weighted by Gasteiger charge is 2.21. The second kappa shape index (κ2) is 7.68. The summed E-state index contributed by atoms with van der Waals surface area (Å²) in [7, 11) is 0. The molecule has 0 heterocycles. The molecule has 0 fully saturated rings. The third-order valence-corrected chi connectivity index (χ3v) is 3.58. The van der Waals surface area contributed by atoms with Crippen molar-refractivity contribution in [3.05, 3.63) is 35.9 Å². The van der Waals surface area contributed by atoms with Gasteiger partial charge < -0.3 is 10.4 Å². The van der Waals surface area contributed by atoms with Gasteiger partial charge in [-0.3, -0.25) is 9.59 Å². The van der Waals surface area contributed by atoms with Crippen LogP contribution in [0.4, 0.5) is 0 Å². The quantitative estimate of drug-likeness (QED) is 0.805. The van der Waals surface area contributed by atoms with E-state index in [0.717, 1.165) is 5.56 Å². The molecule has 4 heteroatoms. The summed E-state index contributed by atoms with van der Waals surface area (Å²) in [6.45, 7) is 5.89. The van der Waals surface area contributed by atoms with Gasteiger partial charge in [0.25, 0.3) is 0 Å². The van der Waals surface area contributed by atoms with E-state index in [0.29, 0.717) is 6.42 Å². The van der Waals surface area contributed by atoms with Crippen LogP contribution in [-0.4, -0.2) is 17.0 Å². The number of carbonyl (C=O) groups is 2. The number of carboxylic acid groups (broad SMARTS) is 1. The molecule has 0 aliphatic rings. The van der Waals surface area contributed by atoms with E-state index in [2.05, 4.69) is 5.32 Å². The molecule has 1 amide bonds. The topological polar surface area (TPSA) is 66.4 Å². The first kappa shape index (κ1) is 16.2. The largest absolute Gasteiger partial charge is 0.481 e. The van der Waals surface area contributed by atoms with Crippen molar-refractivity contribution in [1.82, 2.24) is 5.32 Å². The molecule has 110 valence electrons. The molecule has 1 aromatic rings. The van der Waals surface area contributed by atoms with E-state index in [9.17, 15) is 9.59 Å². The predicted octanol–water partition coefficient (Wildman–Crippen LogP) is 3.00. The average Bonchev–Trinajstić information content (AvgIpc) is 2.42. The van der Waals surface area contributed by atoms with Crippen LogP contribution in [0.3, 0.4) is 0 Å². The summed E-state index contributed by atoms with van der Waals surface area (Å²) >= 11 is 0. The Hall–Kier alpha value is -1.84. The molecular formula is C16H23NO3. The smallest absolute Gasteiger partial charge is 0.303 e. The van der Waals surface area contributed by atoms with Crippen molar-refractivity contribution < 1.29 is 14.7 Å². The SMILES string of the molecule is CC(C)C(C)C(=O)NC(CCC(=O)O)c1ccccc1. The van der Waals surface area contributed by atoms with Gasteiger partial charge in [0.15, 0.2) is 0 Å². The van der Waals surface area contributed by atoms with Gasteiger partial charge in [-0.25, -0.2) is 0 Å². The van der Waals surface area contributed by atoms with Crippen LogP contribution in [0.15, 0.2) is 30.3 Å². The van der Waals surface area contributed by atoms with Gasteiger partial charge in [0.05, 0.1) is 6.04 Å². The Morgan fingerprint density at radius 1 is 1.15 bits per heavy atom. The molecule has 0 spiro atoms. The molecule has 1 aromatic carbocycles. The maximum atomic E-state index is 12.2. The summed E-state index contributed by atoms with van der Waals surface area (Å²) in [6, 6.07) is 9.25. The molecule has 0 aliphatic heterocycles. The van der Waals surface area contributed by atoms with Crippen molar-refractivity contribution in [3.8, 4) is 0 Å². The third-order valence-electron chi connectivity index (χ3n) is 3.58. The van der Waals surface area contributed by atoms with Crippen LogP contribution in [0.5, 0.6) is 0 Å². The van der Waals surface area contributed by atoms with Crippen LogP contribution in [0.2, 0.25) is 0 Å². The van der Waals surface area contributed by atoms with Crippen molar-refractivity contribution in [1.29, 1.82) is 0 Å². The number of carbonyl (C=O) groups excluding carboxylic acids is 1. The van der Waals surface area contributed by atoms with Gasteiger partial charge in [-0.05, 0) is 17.9 Å². The van der Waals surface area contributed by atoms with E-state index >= 15 is 0 Å². The van der Waals surface area contributed by atoms with Crippen molar-refractivity contribution in [3.63, 3.8) is 0 Å². The number of amides is 1. The maximum absolute atomic E-state index is 12.2. The molecule has 4 nitrogen and oxygen atoms in total. The van der Waals surface area contributed by atoms with E-state index in [4.69, 9.17) is 5.11 Å². The highest BCUT2D eigenvalue weighted by atomic mass is 16.4. The molecule has 0 aromatic heterocycles. The van der Waals surface area contributed by atoms with Crippen molar-refractivity contribution in [2.24, 2.45) is 11.8 Å². The van der Waals surface area contributed by atoms with Crippen LogP contribution < -0.4 is 5.32 Å². The van der Waals surface area contributed by atoms with E-state index < -0.39 is 5.97 Å². The molecule has 2 unspecified atom stereocenters. The Kier molecular flexibility index (Phi) is 6.22. The zero-order chi connectivity index (χ0) is 15.1. The monoisotopic (exact) mass is 277 g/mol. The summed E-state index contributed by atoms with van der Waals surface area (Å²) in [5.41, 5.74) is 0.943. The van der Waals surface area contributed by atoms with Crippen molar-refractivity contribution in [2.45, 2.75) is 39.7 Å². The lowest BCUT2D eigenvalue weighted by atomic mass is 9.95. The first-order valence-electron chi connectivity index (χ1n) is 6.99. The van der Waals surface area contributed by atoms with Crippen molar-refractivity contribution in [2.75, 3.05) is 0 Å². The van der Waals surface area contributed by atoms with Gasteiger partial charge in [0.2, 0.25) is 5.91 Å². The number of benzene rings is 1. The minimum absolute atomic E-state index is 0.0285. The van der Waals surface area contributed by atoms with Gasteiger partial charge in [-0.2, -0.15) is 0 Å². The maximum Gasteiger partial charge on any atom is 0.303 e. The second-order valence-corrected chi connectivity index (χ2v) is 5.44. The molecule has 0 radical (unpaired) electrons. The fourth-order valence-electron chi connectivity index (χ4n) is 1.88. The Labute approximate surface area is 120 Å². The van der Waals surface area contributed by atoms with E-state index in [1.54, 1.807) is 0 Å². The Bertz CT molecular complexity index is 442. The predicted molar refractivity (Wildman–Crippen MR) is 78.2 cm³/mol. The Balaban J connectivity index is 2.78. The first-order chi connectivity index (χ1) is 9.41. The normalized spacial score (nSPS) is 13.8. The first-order valence-corrected chi connectivity index (χ1v) is 6.99. The third kappa shape index (κ3) is 5.03.